The Bertz CT molecular complexity index is 1250. The second-order valence-electron chi connectivity index (χ2n) is 13.1. The van der Waals surface area contributed by atoms with Crippen molar-refractivity contribution in [1.29, 1.82) is 0 Å². The summed E-state index contributed by atoms with van der Waals surface area (Å²) in [5.41, 5.74) is 1.55. The molecular formula is C34H46N2O6. The van der Waals surface area contributed by atoms with Crippen molar-refractivity contribution < 1.29 is 28.9 Å². The molecule has 1 amide bonds. The molecule has 0 aromatic heterocycles. The second-order valence-corrected chi connectivity index (χ2v) is 13.1. The van der Waals surface area contributed by atoms with Gasteiger partial charge in [-0.15, -0.1) is 0 Å². The summed E-state index contributed by atoms with van der Waals surface area (Å²) in [7, 11) is 1.61. The lowest BCUT2D eigenvalue weighted by molar-refractivity contribution is -0.127. The van der Waals surface area contributed by atoms with Crippen LogP contribution in [0.15, 0.2) is 42.5 Å². The van der Waals surface area contributed by atoms with Crippen LogP contribution in [0.5, 0.6) is 17.2 Å². The number of rotatable bonds is 13. The number of fused-ring (bicyclic) bond motifs is 1. The smallest absolute Gasteiger partial charge is 0.220 e. The number of hydrogen-bond donors (Lipinski definition) is 2. The normalized spacial score (nSPS) is 24.6. The maximum absolute atomic E-state index is 13.4. The average Bonchev–Trinajstić information content (AvgIpc) is 3.32. The number of methoxy groups -OCH3 is 1. The molecule has 5 rings (SSSR count). The predicted octanol–water partition coefficient (Wildman–Crippen LogP) is 4.98. The molecule has 2 aromatic rings. The highest BCUT2D eigenvalue weighted by atomic mass is 16.6. The summed E-state index contributed by atoms with van der Waals surface area (Å²) in [6, 6.07) is 13.3. The Kier molecular flexibility index (Phi) is 9.43. The van der Waals surface area contributed by atoms with Crippen LogP contribution >= 0.6 is 0 Å². The first kappa shape index (κ1) is 30.4. The van der Waals surface area contributed by atoms with E-state index in [1.54, 1.807) is 31.4 Å². The van der Waals surface area contributed by atoms with E-state index in [0.29, 0.717) is 31.6 Å². The highest BCUT2D eigenvalue weighted by molar-refractivity contribution is 5.96. The lowest BCUT2D eigenvalue weighted by atomic mass is 9.56. The van der Waals surface area contributed by atoms with Gasteiger partial charge in [-0.05, 0) is 85.5 Å². The maximum Gasteiger partial charge on any atom is 0.220 e. The Morgan fingerprint density at radius 2 is 1.76 bits per heavy atom. The molecule has 1 aliphatic carbocycles. The first-order valence-electron chi connectivity index (χ1n) is 15.4. The number of likely N-dealkylation sites (tertiary alicyclic amines) is 1. The van der Waals surface area contributed by atoms with Gasteiger partial charge < -0.3 is 29.5 Å². The van der Waals surface area contributed by atoms with Gasteiger partial charge in [0.25, 0.3) is 0 Å². The van der Waals surface area contributed by atoms with E-state index in [1.165, 1.54) is 0 Å². The standard InChI is InChI=1S/C34H46N2O6/c1-33(2)15-16-36(22-33)23-34(20-26(21-37)32(34)25-11-14-29-30(19-25)42-18-17-41-29)35-31(39)8-6-4-5-7-28(38)24-9-12-27(40-3)13-10-24/h9-14,19,26,32,37H,4-8,15-18,20-23H2,1-3H3,(H,35,39)/t26?,32?,34-/m1/s1. The highest BCUT2D eigenvalue weighted by Gasteiger charge is 2.56. The zero-order chi connectivity index (χ0) is 29.7. The molecule has 0 bridgehead atoms. The fourth-order valence-electron chi connectivity index (χ4n) is 7.12. The average molecular weight is 579 g/mol. The van der Waals surface area contributed by atoms with Crippen LogP contribution in [0, 0.1) is 11.3 Å². The van der Waals surface area contributed by atoms with Crippen LogP contribution in [0.4, 0.5) is 0 Å². The van der Waals surface area contributed by atoms with Crippen molar-refractivity contribution in [2.45, 2.75) is 70.3 Å². The number of nitrogens with one attached hydrogen (secondary N) is 1. The van der Waals surface area contributed by atoms with Gasteiger partial charge >= 0.3 is 0 Å². The first-order chi connectivity index (χ1) is 20.2. The molecule has 228 valence electrons. The van der Waals surface area contributed by atoms with E-state index < -0.39 is 5.54 Å². The van der Waals surface area contributed by atoms with Crippen LogP contribution in [-0.2, 0) is 4.79 Å². The second kappa shape index (κ2) is 13.0. The molecule has 42 heavy (non-hydrogen) atoms. The monoisotopic (exact) mass is 578 g/mol. The topological polar surface area (TPSA) is 97.3 Å². The van der Waals surface area contributed by atoms with Crippen molar-refractivity contribution >= 4 is 11.7 Å². The molecule has 0 radical (unpaired) electrons. The molecular weight excluding hydrogens is 532 g/mol. The van der Waals surface area contributed by atoms with E-state index in [2.05, 4.69) is 30.1 Å². The number of Topliss-reactive ketones (excluding diaryl/α,β-unsaturated/α-hetero) is 1. The molecule has 2 N–H and O–H groups in total. The van der Waals surface area contributed by atoms with E-state index in [9.17, 15) is 14.7 Å². The van der Waals surface area contributed by atoms with Crippen molar-refractivity contribution in [3.8, 4) is 17.2 Å². The third kappa shape index (κ3) is 6.92. The number of ether oxygens (including phenoxy) is 3. The summed E-state index contributed by atoms with van der Waals surface area (Å²) in [5.74, 6) is 2.40. The summed E-state index contributed by atoms with van der Waals surface area (Å²) in [5, 5.41) is 13.8. The van der Waals surface area contributed by atoms with E-state index in [-0.39, 0.29) is 35.5 Å². The van der Waals surface area contributed by atoms with E-state index in [0.717, 1.165) is 74.6 Å². The van der Waals surface area contributed by atoms with Crippen molar-refractivity contribution in [2.75, 3.05) is 46.6 Å². The van der Waals surface area contributed by atoms with Gasteiger partial charge in [-0.3, -0.25) is 9.59 Å². The minimum atomic E-state index is -0.459. The van der Waals surface area contributed by atoms with Gasteiger partial charge in [0.05, 0.1) is 12.6 Å². The van der Waals surface area contributed by atoms with E-state index >= 15 is 0 Å². The molecule has 2 heterocycles. The first-order valence-corrected chi connectivity index (χ1v) is 15.4. The van der Waals surface area contributed by atoms with Gasteiger partial charge in [0.2, 0.25) is 5.91 Å². The van der Waals surface area contributed by atoms with E-state index in [1.807, 2.05) is 12.1 Å². The summed E-state index contributed by atoms with van der Waals surface area (Å²) in [6.07, 6.45) is 5.04. The van der Waals surface area contributed by atoms with Gasteiger partial charge in [-0.25, -0.2) is 0 Å². The quantitative estimate of drug-likeness (QED) is 0.256. The molecule has 2 fully saturated rings. The fourth-order valence-corrected chi connectivity index (χ4v) is 7.12. The number of amides is 1. The minimum absolute atomic E-state index is 0.0203. The number of carbonyl (C=O) groups is 2. The molecule has 2 aromatic carbocycles. The molecule has 0 spiro atoms. The van der Waals surface area contributed by atoms with Crippen LogP contribution in [0.2, 0.25) is 0 Å². The zero-order valence-corrected chi connectivity index (χ0v) is 25.3. The van der Waals surface area contributed by atoms with Gasteiger partial charge in [-0.1, -0.05) is 26.3 Å². The van der Waals surface area contributed by atoms with Gasteiger partial charge in [0.1, 0.15) is 19.0 Å². The molecule has 2 unspecified atom stereocenters. The van der Waals surface area contributed by atoms with Crippen molar-refractivity contribution in [3.63, 3.8) is 0 Å². The Balaban J connectivity index is 1.22. The van der Waals surface area contributed by atoms with E-state index in [4.69, 9.17) is 14.2 Å². The number of aliphatic hydroxyl groups is 1. The third-order valence-corrected chi connectivity index (χ3v) is 9.22. The maximum atomic E-state index is 13.4. The molecule has 8 nitrogen and oxygen atoms in total. The summed E-state index contributed by atoms with van der Waals surface area (Å²) in [6.45, 7) is 8.48. The summed E-state index contributed by atoms with van der Waals surface area (Å²) >= 11 is 0. The Labute approximate surface area is 249 Å². The van der Waals surface area contributed by atoms with Crippen LogP contribution in [0.3, 0.4) is 0 Å². The minimum Gasteiger partial charge on any atom is -0.497 e. The van der Waals surface area contributed by atoms with Crippen molar-refractivity contribution in [2.24, 2.45) is 11.3 Å². The third-order valence-electron chi connectivity index (χ3n) is 9.22. The lowest BCUT2D eigenvalue weighted by Gasteiger charge is -2.57. The highest BCUT2D eigenvalue weighted by Crippen LogP contribution is 2.53. The van der Waals surface area contributed by atoms with Gasteiger partial charge in [0, 0.05) is 44.0 Å². The van der Waals surface area contributed by atoms with Gasteiger partial charge in [0.15, 0.2) is 17.3 Å². The molecule has 3 atom stereocenters. The molecule has 2 aliphatic heterocycles. The van der Waals surface area contributed by atoms with Crippen LogP contribution < -0.4 is 19.5 Å². The SMILES string of the molecule is COc1ccc(C(=O)CCCCCC(=O)N[C@@]2(CN3CCC(C)(C)C3)CC(CO)C2c2ccc3c(c2)OCCO3)cc1. The van der Waals surface area contributed by atoms with Crippen molar-refractivity contribution in [3.05, 3.63) is 53.6 Å². The summed E-state index contributed by atoms with van der Waals surface area (Å²) < 4.78 is 16.8. The Morgan fingerprint density at radius 3 is 2.45 bits per heavy atom. The molecule has 8 heteroatoms. The molecule has 3 aliphatic rings. The number of carbonyl (C=O) groups excluding carboxylic acids is 2. The number of ketones is 1. The number of nitrogens with zero attached hydrogens (tertiary/aromatic N) is 1. The fraction of sp³-hybridized carbons (Fsp3) is 0.588. The molecule has 1 saturated carbocycles. The van der Waals surface area contributed by atoms with Gasteiger partial charge in [-0.2, -0.15) is 0 Å². The number of benzene rings is 2. The predicted molar refractivity (Wildman–Crippen MR) is 161 cm³/mol. The lowest BCUT2D eigenvalue weighted by Crippen LogP contribution is -2.68. The molecule has 1 saturated heterocycles. The van der Waals surface area contributed by atoms with Crippen LogP contribution in [-0.4, -0.2) is 73.8 Å². The Hall–Kier alpha value is -3.10. The largest absolute Gasteiger partial charge is 0.497 e. The number of aliphatic hydroxyl groups excluding tert-OH is 1. The zero-order valence-electron chi connectivity index (χ0n) is 25.3. The van der Waals surface area contributed by atoms with Crippen LogP contribution in [0.25, 0.3) is 0 Å². The van der Waals surface area contributed by atoms with Crippen molar-refractivity contribution in [1.82, 2.24) is 10.2 Å². The number of unbranched alkanes of at least 4 members (excludes halogenated alkanes) is 2. The number of hydrogen-bond acceptors (Lipinski definition) is 7. The summed E-state index contributed by atoms with van der Waals surface area (Å²) in [4.78, 5) is 28.4. The van der Waals surface area contributed by atoms with Crippen LogP contribution in [0.1, 0.15) is 80.6 Å². The Morgan fingerprint density at radius 1 is 1.02 bits per heavy atom.